The molecule has 0 unspecified atom stereocenters. The smallest absolute Gasteiger partial charge is 0.242 e. The minimum Gasteiger partial charge on any atom is -0.454 e. The molecule has 0 saturated heterocycles. The predicted molar refractivity (Wildman–Crippen MR) is 83.0 cm³/mol. The van der Waals surface area contributed by atoms with Crippen LogP contribution in [-0.2, 0) is 11.2 Å². The van der Waals surface area contributed by atoms with Crippen molar-refractivity contribution in [2.45, 2.75) is 6.42 Å². The zero-order valence-corrected chi connectivity index (χ0v) is 12.0. The van der Waals surface area contributed by atoms with E-state index in [1.54, 1.807) is 0 Å². The summed E-state index contributed by atoms with van der Waals surface area (Å²) in [7, 11) is 0. The van der Waals surface area contributed by atoms with Gasteiger partial charge in [-0.2, -0.15) is 0 Å². The molecular weight excluding hydrogens is 280 g/mol. The normalized spacial score (nSPS) is 11.8. The molecule has 3 rings (SSSR count). The van der Waals surface area contributed by atoms with Gasteiger partial charge in [-0.25, -0.2) is 0 Å². The molecule has 1 aliphatic heterocycles. The fourth-order valence-corrected chi connectivity index (χ4v) is 2.13. The van der Waals surface area contributed by atoms with E-state index in [4.69, 9.17) is 9.47 Å². The lowest BCUT2D eigenvalue weighted by Crippen LogP contribution is -2.36. The van der Waals surface area contributed by atoms with Crippen molar-refractivity contribution < 1.29 is 14.3 Å². The summed E-state index contributed by atoms with van der Waals surface area (Å²) in [5.74, 6) is 1.26. The highest BCUT2D eigenvalue weighted by molar-refractivity contribution is 5.79. The second-order valence-corrected chi connectivity index (χ2v) is 4.88. The summed E-state index contributed by atoms with van der Waals surface area (Å²) in [6.45, 7) is 4.14. The second-order valence-electron chi connectivity index (χ2n) is 4.88. The third-order valence-corrected chi connectivity index (χ3v) is 3.28. The van der Waals surface area contributed by atoms with E-state index < -0.39 is 0 Å². The largest absolute Gasteiger partial charge is 0.454 e. The van der Waals surface area contributed by atoms with Gasteiger partial charge in [-0.15, -0.1) is 0 Å². The molecule has 5 heteroatoms. The highest BCUT2D eigenvalue weighted by atomic mass is 16.7. The van der Waals surface area contributed by atoms with Crippen molar-refractivity contribution in [2.24, 2.45) is 0 Å². The maximum atomic E-state index is 11.9. The molecule has 0 bridgehead atoms. The third-order valence-electron chi connectivity index (χ3n) is 3.28. The Hall–Kier alpha value is -2.95. The molecule has 22 heavy (non-hydrogen) atoms. The average Bonchev–Trinajstić information content (AvgIpc) is 3.01. The van der Waals surface area contributed by atoms with Crippen LogP contribution in [0.25, 0.3) is 5.70 Å². The third kappa shape index (κ3) is 3.20. The Labute approximate surface area is 128 Å². The monoisotopic (exact) mass is 296 g/mol. The van der Waals surface area contributed by atoms with Crippen LogP contribution in [0.15, 0.2) is 55.1 Å². The lowest BCUT2D eigenvalue weighted by molar-refractivity contribution is -0.121. The summed E-state index contributed by atoms with van der Waals surface area (Å²) in [4.78, 5) is 11.9. The van der Waals surface area contributed by atoms with Crippen LogP contribution < -0.4 is 20.3 Å². The van der Waals surface area contributed by atoms with E-state index in [2.05, 4.69) is 17.4 Å². The Kier molecular flexibility index (Phi) is 3.96. The molecule has 2 N–H and O–H groups in total. The molecule has 5 nitrogen and oxygen atoms in total. The number of hydrogen-bond acceptors (Lipinski definition) is 4. The molecule has 0 spiro atoms. The maximum Gasteiger partial charge on any atom is 0.242 e. The van der Waals surface area contributed by atoms with Crippen LogP contribution in [0.4, 0.5) is 0 Å². The number of carbonyl (C=O) groups excluding carboxylic acids is 1. The van der Waals surface area contributed by atoms with Gasteiger partial charge in [-0.1, -0.05) is 36.9 Å². The Morgan fingerprint density at radius 1 is 1.05 bits per heavy atom. The first kappa shape index (κ1) is 14.0. The van der Waals surface area contributed by atoms with Gasteiger partial charge in [-0.3, -0.25) is 15.6 Å². The topological polar surface area (TPSA) is 59.6 Å². The van der Waals surface area contributed by atoms with Crippen molar-refractivity contribution in [3.8, 4) is 11.5 Å². The standard InChI is InChI=1S/C17H16N2O3/c1-12(14-7-8-15-16(10-14)22-11-21-15)18-19-17(20)9-13-5-3-2-4-6-13/h2-8,10,18H,1,9,11H2,(H,19,20). The molecule has 1 heterocycles. The first-order chi connectivity index (χ1) is 10.7. The second kappa shape index (κ2) is 6.22. The first-order valence-electron chi connectivity index (χ1n) is 6.90. The number of ether oxygens (including phenoxy) is 2. The van der Waals surface area contributed by atoms with E-state index in [0.717, 1.165) is 11.1 Å². The molecule has 0 aromatic heterocycles. The lowest BCUT2D eigenvalue weighted by Gasteiger charge is -2.11. The van der Waals surface area contributed by atoms with Crippen molar-refractivity contribution in [3.05, 3.63) is 66.2 Å². The molecule has 0 atom stereocenters. The van der Waals surface area contributed by atoms with Crippen molar-refractivity contribution in [1.82, 2.24) is 10.9 Å². The Balaban J connectivity index is 1.55. The molecule has 0 radical (unpaired) electrons. The highest BCUT2D eigenvalue weighted by Gasteiger charge is 2.14. The van der Waals surface area contributed by atoms with Crippen LogP contribution in [0.1, 0.15) is 11.1 Å². The molecule has 2 aromatic rings. The van der Waals surface area contributed by atoms with Crippen LogP contribution in [0.5, 0.6) is 11.5 Å². The number of hydrogen-bond donors (Lipinski definition) is 2. The summed E-state index contributed by atoms with van der Waals surface area (Å²) in [5.41, 5.74) is 7.82. The molecule has 0 aliphatic carbocycles. The number of hydrazine groups is 1. The van der Waals surface area contributed by atoms with Gasteiger partial charge in [0, 0.05) is 5.56 Å². The summed E-state index contributed by atoms with van der Waals surface area (Å²) >= 11 is 0. The minimum absolute atomic E-state index is 0.131. The van der Waals surface area contributed by atoms with Crippen molar-refractivity contribution in [2.75, 3.05) is 6.79 Å². The number of amides is 1. The minimum atomic E-state index is -0.131. The molecule has 0 fully saturated rings. The summed E-state index contributed by atoms with van der Waals surface area (Å²) in [6.07, 6.45) is 0.308. The van der Waals surface area contributed by atoms with Crippen LogP contribution in [0.3, 0.4) is 0 Å². The van der Waals surface area contributed by atoms with Gasteiger partial charge in [0.2, 0.25) is 12.7 Å². The van der Waals surface area contributed by atoms with E-state index in [0.29, 0.717) is 23.6 Å². The fourth-order valence-electron chi connectivity index (χ4n) is 2.13. The van der Waals surface area contributed by atoms with Crippen LogP contribution in [0, 0.1) is 0 Å². The number of fused-ring (bicyclic) bond motifs is 1. The van der Waals surface area contributed by atoms with Crippen molar-refractivity contribution >= 4 is 11.6 Å². The molecule has 0 saturated carbocycles. The van der Waals surface area contributed by atoms with E-state index in [9.17, 15) is 4.79 Å². The van der Waals surface area contributed by atoms with Crippen LogP contribution in [0.2, 0.25) is 0 Å². The van der Waals surface area contributed by atoms with Crippen LogP contribution >= 0.6 is 0 Å². The number of nitrogens with one attached hydrogen (secondary N) is 2. The van der Waals surface area contributed by atoms with E-state index in [-0.39, 0.29) is 12.7 Å². The fraction of sp³-hybridized carbons (Fsp3) is 0.118. The number of carbonyl (C=O) groups is 1. The molecule has 2 aromatic carbocycles. The van der Waals surface area contributed by atoms with Gasteiger partial charge in [0.15, 0.2) is 11.5 Å². The Bertz CT molecular complexity index is 698. The lowest BCUT2D eigenvalue weighted by atomic mass is 10.1. The summed E-state index contributed by atoms with van der Waals surface area (Å²) in [6, 6.07) is 15.0. The maximum absolute atomic E-state index is 11.9. The highest BCUT2D eigenvalue weighted by Crippen LogP contribution is 2.33. The molecule has 112 valence electrons. The number of rotatable bonds is 5. The van der Waals surface area contributed by atoms with Crippen molar-refractivity contribution in [3.63, 3.8) is 0 Å². The quantitative estimate of drug-likeness (QED) is 0.831. The van der Waals surface area contributed by atoms with Crippen molar-refractivity contribution in [1.29, 1.82) is 0 Å². The average molecular weight is 296 g/mol. The van der Waals surface area contributed by atoms with Gasteiger partial charge in [0.05, 0.1) is 12.1 Å². The van der Waals surface area contributed by atoms with Gasteiger partial charge in [0.25, 0.3) is 0 Å². The van der Waals surface area contributed by atoms with Gasteiger partial charge in [-0.05, 0) is 23.8 Å². The predicted octanol–water partition coefficient (Wildman–Crippen LogP) is 2.25. The molecular formula is C17H16N2O3. The summed E-state index contributed by atoms with van der Waals surface area (Å²) in [5, 5.41) is 0. The van der Waals surface area contributed by atoms with Gasteiger partial charge >= 0.3 is 0 Å². The zero-order valence-electron chi connectivity index (χ0n) is 12.0. The Morgan fingerprint density at radius 2 is 1.82 bits per heavy atom. The Morgan fingerprint density at radius 3 is 2.64 bits per heavy atom. The zero-order chi connectivity index (χ0) is 15.4. The van der Waals surface area contributed by atoms with E-state index in [1.807, 2.05) is 48.5 Å². The number of benzene rings is 2. The first-order valence-corrected chi connectivity index (χ1v) is 6.90. The SMILES string of the molecule is C=C(NNC(=O)Cc1ccccc1)c1ccc2c(c1)OCO2. The van der Waals surface area contributed by atoms with Crippen LogP contribution in [-0.4, -0.2) is 12.7 Å². The molecule has 1 amide bonds. The van der Waals surface area contributed by atoms with Gasteiger partial charge in [0.1, 0.15) is 0 Å². The van der Waals surface area contributed by atoms with Gasteiger partial charge < -0.3 is 9.47 Å². The summed E-state index contributed by atoms with van der Waals surface area (Å²) < 4.78 is 10.6. The van der Waals surface area contributed by atoms with E-state index >= 15 is 0 Å². The van der Waals surface area contributed by atoms with E-state index in [1.165, 1.54) is 0 Å². The molecule has 1 aliphatic rings.